The lowest BCUT2D eigenvalue weighted by molar-refractivity contribution is 0.179. The van der Waals surface area contributed by atoms with Crippen molar-refractivity contribution < 1.29 is 9.53 Å². The van der Waals surface area contributed by atoms with Gasteiger partial charge in [0.15, 0.2) is 0 Å². The van der Waals surface area contributed by atoms with Gasteiger partial charge in [-0.2, -0.15) is 0 Å². The summed E-state index contributed by atoms with van der Waals surface area (Å²) >= 11 is 0. The minimum atomic E-state index is -0.0979. The Hall–Kier alpha value is -1.30. The van der Waals surface area contributed by atoms with Crippen molar-refractivity contribution in [3.63, 3.8) is 0 Å². The Morgan fingerprint density at radius 3 is 2.94 bits per heavy atom. The summed E-state index contributed by atoms with van der Waals surface area (Å²) in [7, 11) is 0. The van der Waals surface area contributed by atoms with E-state index in [-0.39, 0.29) is 17.9 Å². The lowest BCUT2D eigenvalue weighted by atomic mass is 10.3. The Balaban J connectivity index is 2.32. The predicted octanol–water partition coefficient (Wildman–Crippen LogP) is 0.133. The molecular formula is C10H20N4O2. The van der Waals surface area contributed by atoms with Gasteiger partial charge in [0.25, 0.3) is 0 Å². The average Bonchev–Trinajstić information content (AvgIpc) is 2.71. The number of amides is 2. The van der Waals surface area contributed by atoms with E-state index >= 15 is 0 Å². The SMILES string of the molecule is CCN(CCC(=N)N)C(=O)NC1CCOC1. The topological polar surface area (TPSA) is 91.4 Å². The second-order valence-corrected chi connectivity index (χ2v) is 3.86. The van der Waals surface area contributed by atoms with Gasteiger partial charge in [-0.1, -0.05) is 0 Å². The van der Waals surface area contributed by atoms with Gasteiger partial charge in [0.2, 0.25) is 0 Å². The van der Waals surface area contributed by atoms with E-state index in [1.54, 1.807) is 4.90 Å². The van der Waals surface area contributed by atoms with Crippen LogP contribution in [0.5, 0.6) is 0 Å². The summed E-state index contributed by atoms with van der Waals surface area (Å²) in [6.45, 7) is 4.32. The summed E-state index contributed by atoms with van der Waals surface area (Å²) in [5.74, 6) is 0.107. The van der Waals surface area contributed by atoms with Crippen LogP contribution in [0.3, 0.4) is 0 Å². The Morgan fingerprint density at radius 1 is 1.69 bits per heavy atom. The van der Waals surface area contributed by atoms with Crippen molar-refractivity contribution in [1.29, 1.82) is 5.41 Å². The number of ether oxygens (including phenoxy) is 1. The maximum Gasteiger partial charge on any atom is 0.317 e. The second-order valence-electron chi connectivity index (χ2n) is 3.86. The van der Waals surface area contributed by atoms with Gasteiger partial charge in [-0.25, -0.2) is 4.79 Å². The molecule has 6 heteroatoms. The van der Waals surface area contributed by atoms with Crippen LogP contribution in [0.4, 0.5) is 4.79 Å². The number of hydrogen-bond acceptors (Lipinski definition) is 3. The van der Waals surface area contributed by atoms with E-state index in [9.17, 15) is 4.79 Å². The van der Waals surface area contributed by atoms with Gasteiger partial charge in [0.1, 0.15) is 0 Å². The number of amidine groups is 1. The zero-order chi connectivity index (χ0) is 12.0. The second kappa shape index (κ2) is 6.32. The third-order valence-electron chi connectivity index (χ3n) is 2.58. The number of nitrogens with two attached hydrogens (primary N) is 1. The number of rotatable bonds is 5. The molecule has 1 fully saturated rings. The van der Waals surface area contributed by atoms with Gasteiger partial charge in [-0.15, -0.1) is 0 Å². The quantitative estimate of drug-likeness (QED) is 0.461. The van der Waals surface area contributed by atoms with Gasteiger partial charge in [0.05, 0.1) is 18.5 Å². The van der Waals surface area contributed by atoms with Crippen molar-refractivity contribution in [3.8, 4) is 0 Å². The molecule has 1 aliphatic heterocycles. The van der Waals surface area contributed by atoms with E-state index in [0.29, 0.717) is 32.7 Å². The van der Waals surface area contributed by atoms with Crippen LogP contribution < -0.4 is 11.1 Å². The highest BCUT2D eigenvalue weighted by molar-refractivity contribution is 5.79. The molecule has 1 atom stereocenters. The van der Waals surface area contributed by atoms with E-state index in [0.717, 1.165) is 6.42 Å². The first-order valence-corrected chi connectivity index (χ1v) is 5.59. The van der Waals surface area contributed by atoms with Crippen LogP contribution >= 0.6 is 0 Å². The number of urea groups is 1. The van der Waals surface area contributed by atoms with Gasteiger partial charge in [-0.05, 0) is 13.3 Å². The van der Waals surface area contributed by atoms with Crippen LogP contribution in [0.25, 0.3) is 0 Å². The summed E-state index contributed by atoms with van der Waals surface area (Å²) < 4.78 is 5.18. The van der Waals surface area contributed by atoms with Gasteiger partial charge < -0.3 is 20.7 Å². The summed E-state index contributed by atoms with van der Waals surface area (Å²) in [6, 6.07) is 0.0260. The fourth-order valence-corrected chi connectivity index (χ4v) is 1.57. The van der Waals surface area contributed by atoms with Gasteiger partial charge >= 0.3 is 6.03 Å². The Morgan fingerprint density at radius 2 is 2.44 bits per heavy atom. The van der Waals surface area contributed by atoms with Crippen molar-refractivity contribution in [3.05, 3.63) is 0 Å². The monoisotopic (exact) mass is 228 g/mol. The van der Waals surface area contributed by atoms with Crippen molar-refractivity contribution in [2.45, 2.75) is 25.8 Å². The lowest BCUT2D eigenvalue weighted by Crippen LogP contribution is -2.45. The smallest absolute Gasteiger partial charge is 0.317 e. The fraction of sp³-hybridized carbons (Fsp3) is 0.800. The van der Waals surface area contributed by atoms with E-state index < -0.39 is 0 Å². The maximum atomic E-state index is 11.8. The largest absolute Gasteiger partial charge is 0.388 e. The predicted molar refractivity (Wildman–Crippen MR) is 61.5 cm³/mol. The van der Waals surface area contributed by atoms with Crippen molar-refractivity contribution in [1.82, 2.24) is 10.2 Å². The van der Waals surface area contributed by atoms with Crippen LogP contribution in [-0.4, -0.2) is 49.1 Å². The average molecular weight is 228 g/mol. The molecule has 0 saturated carbocycles. The zero-order valence-electron chi connectivity index (χ0n) is 9.66. The zero-order valence-corrected chi connectivity index (χ0v) is 9.66. The molecule has 0 aromatic rings. The first-order chi connectivity index (χ1) is 7.63. The number of carbonyl (C=O) groups is 1. The number of hydrogen-bond donors (Lipinski definition) is 3. The molecule has 0 aliphatic carbocycles. The molecule has 1 unspecified atom stereocenters. The highest BCUT2D eigenvalue weighted by atomic mass is 16.5. The molecular weight excluding hydrogens is 208 g/mol. The first kappa shape index (κ1) is 12.8. The normalized spacial score (nSPS) is 19.4. The molecule has 4 N–H and O–H groups in total. The minimum absolute atomic E-state index is 0.0979. The first-order valence-electron chi connectivity index (χ1n) is 5.59. The molecule has 0 aromatic carbocycles. The Kier molecular flexibility index (Phi) is 5.04. The molecule has 2 amide bonds. The molecule has 0 spiro atoms. The lowest BCUT2D eigenvalue weighted by Gasteiger charge is -2.23. The van der Waals surface area contributed by atoms with E-state index in [2.05, 4.69) is 5.32 Å². The van der Waals surface area contributed by atoms with Crippen LogP contribution in [-0.2, 0) is 4.74 Å². The van der Waals surface area contributed by atoms with Crippen molar-refractivity contribution >= 4 is 11.9 Å². The van der Waals surface area contributed by atoms with Gasteiger partial charge in [0, 0.05) is 26.1 Å². The maximum absolute atomic E-state index is 11.8. The molecule has 0 radical (unpaired) electrons. The van der Waals surface area contributed by atoms with Crippen LogP contribution in [0.15, 0.2) is 0 Å². The molecule has 1 saturated heterocycles. The van der Waals surface area contributed by atoms with E-state index in [4.69, 9.17) is 15.9 Å². The van der Waals surface area contributed by atoms with Crippen LogP contribution in [0.1, 0.15) is 19.8 Å². The molecule has 1 heterocycles. The highest BCUT2D eigenvalue weighted by Gasteiger charge is 2.20. The summed E-state index contributed by atoms with van der Waals surface area (Å²) in [6.07, 6.45) is 1.29. The number of carbonyl (C=O) groups excluding carboxylic acids is 1. The molecule has 1 rings (SSSR count). The molecule has 6 nitrogen and oxygen atoms in total. The Labute approximate surface area is 95.6 Å². The highest BCUT2D eigenvalue weighted by Crippen LogP contribution is 2.04. The van der Waals surface area contributed by atoms with Crippen molar-refractivity contribution in [2.24, 2.45) is 5.73 Å². The summed E-state index contributed by atoms with van der Waals surface area (Å²) in [5, 5.41) is 10.0. The van der Waals surface area contributed by atoms with Crippen LogP contribution in [0, 0.1) is 5.41 Å². The third kappa shape index (κ3) is 4.06. The van der Waals surface area contributed by atoms with Crippen molar-refractivity contribution in [2.75, 3.05) is 26.3 Å². The number of nitrogens with one attached hydrogen (secondary N) is 2. The summed E-state index contributed by atoms with van der Waals surface area (Å²) in [4.78, 5) is 13.4. The molecule has 1 aliphatic rings. The van der Waals surface area contributed by atoms with E-state index in [1.807, 2.05) is 6.92 Å². The minimum Gasteiger partial charge on any atom is -0.388 e. The third-order valence-corrected chi connectivity index (χ3v) is 2.58. The van der Waals surface area contributed by atoms with E-state index in [1.165, 1.54) is 0 Å². The standard InChI is InChI=1S/C10H20N4O2/c1-2-14(5-3-9(11)12)10(15)13-8-4-6-16-7-8/h8H,2-7H2,1H3,(H3,11,12)(H,13,15). The fourth-order valence-electron chi connectivity index (χ4n) is 1.57. The molecule has 16 heavy (non-hydrogen) atoms. The molecule has 0 bridgehead atoms. The number of nitrogens with zero attached hydrogens (tertiary/aromatic N) is 1. The summed E-state index contributed by atoms with van der Waals surface area (Å²) in [5.41, 5.74) is 5.26. The van der Waals surface area contributed by atoms with Crippen LogP contribution in [0.2, 0.25) is 0 Å². The Bertz CT molecular complexity index is 251. The van der Waals surface area contributed by atoms with Gasteiger partial charge in [-0.3, -0.25) is 5.41 Å². The molecule has 0 aromatic heterocycles. The molecule has 92 valence electrons.